The van der Waals surface area contributed by atoms with Gasteiger partial charge in [-0.15, -0.1) is 0 Å². The monoisotopic (exact) mass is 346 g/mol. The highest BCUT2D eigenvalue weighted by Crippen LogP contribution is 2.22. The third-order valence-corrected chi connectivity index (χ3v) is 4.28. The van der Waals surface area contributed by atoms with Crippen LogP contribution in [-0.4, -0.2) is 26.9 Å². The lowest BCUT2D eigenvalue weighted by Gasteiger charge is -2.05. The first kappa shape index (κ1) is 16.1. The van der Waals surface area contributed by atoms with Crippen LogP contribution in [0.25, 0.3) is 16.7 Å². The van der Waals surface area contributed by atoms with Crippen LogP contribution in [0.5, 0.6) is 5.88 Å². The predicted octanol–water partition coefficient (Wildman–Crippen LogP) is 3.02. The quantitative estimate of drug-likeness (QED) is 0.616. The SMILES string of the molecule is COc1cc(Cc2cccc3c(=O)cc[nH]c23)nn1-c1cccc(C)n1. The Morgan fingerprint density at radius 3 is 2.81 bits per heavy atom. The molecule has 0 fully saturated rings. The van der Waals surface area contributed by atoms with Crippen LogP contribution in [0.15, 0.2) is 59.5 Å². The van der Waals surface area contributed by atoms with Crippen LogP contribution in [0.2, 0.25) is 0 Å². The first-order chi connectivity index (χ1) is 12.7. The highest BCUT2D eigenvalue weighted by molar-refractivity contribution is 5.81. The molecule has 3 aromatic heterocycles. The van der Waals surface area contributed by atoms with Crippen LogP contribution in [0, 0.1) is 6.92 Å². The fourth-order valence-corrected chi connectivity index (χ4v) is 3.06. The van der Waals surface area contributed by atoms with E-state index in [1.807, 2.05) is 49.4 Å². The first-order valence-corrected chi connectivity index (χ1v) is 8.32. The van der Waals surface area contributed by atoms with E-state index in [-0.39, 0.29) is 5.43 Å². The Morgan fingerprint density at radius 2 is 2.00 bits per heavy atom. The lowest BCUT2D eigenvalue weighted by molar-refractivity contribution is 0.382. The number of aromatic amines is 1. The molecule has 1 aromatic carbocycles. The Morgan fingerprint density at radius 1 is 1.15 bits per heavy atom. The summed E-state index contributed by atoms with van der Waals surface area (Å²) < 4.78 is 7.16. The number of methoxy groups -OCH3 is 1. The fraction of sp³-hybridized carbons (Fsp3) is 0.150. The number of hydrogen-bond donors (Lipinski definition) is 1. The second-order valence-electron chi connectivity index (χ2n) is 6.09. The van der Waals surface area contributed by atoms with Crippen molar-refractivity contribution in [1.82, 2.24) is 19.7 Å². The number of rotatable bonds is 4. The number of nitrogens with one attached hydrogen (secondary N) is 1. The minimum Gasteiger partial charge on any atom is -0.481 e. The van der Waals surface area contributed by atoms with Gasteiger partial charge in [0.1, 0.15) is 0 Å². The fourth-order valence-electron chi connectivity index (χ4n) is 3.06. The van der Waals surface area contributed by atoms with Gasteiger partial charge in [0, 0.05) is 35.8 Å². The molecule has 0 saturated heterocycles. The highest BCUT2D eigenvalue weighted by Gasteiger charge is 2.13. The van der Waals surface area contributed by atoms with Gasteiger partial charge in [-0.1, -0.05) is 18.2 Å². The van der Waals surface area contributed by atoms with Crippen molar-refractivity contribution in [3.63, 3.8) is 0 Å². The van der Waals surface area contributed by atoms with Gasteiger partial charge in [-0.2, -0.15) is 9.78 Å². The summed E-state index contributed by atoms with van der Waals surface area (Å²) >= 11 is 0. The van der Waals surface area contributed by atoms with Crippen LogP contribution in [0.1, 0.15) is 17.0 Å². The van der Waals surface area contributed by atoms with Crippen LogP contribution in [0.4, 0.5) is 0 Å². The molecule has 6 nitrogen and oxygen atoms in total. The molecule has 26 heavy (non-hydrogen) atoms. The topological polar surface area (TPSA) is 72.8 Å². The molecule has 0 atom stereocenters. The number of aromatic nitrogens is 4. The van der Waals surface area contributed by atoms with Crippen molar-refractivity contribution in [2.24, 2.45) is 0 Å². The molecule has 0 radical (unpaired) electrons. The van der Waals surface area contributed by atoms with Gasteiger partial charge in [-0.3, -0.25) is 4.79 Å². The van der Waals surface area contributed by atoms with E-state index < -0.39 is 0 Å². The summed E-state index contributed by atoms with van der Waals surface area (Å²) in [5, 5.41) is 5.33. The number of H-pyrrole nitrogens is 1. The third-order valence-electron chi connectivity index (χ3n) is 4.28. The van der Waals surface area contributed by atoms with E-state index in [1.54, 1.807) is 18.0 Å². The Bertz CT molecular complexity index is 1140. The highest BCUT2D eigenvalue weighted by atomic mass is 16.5. The van der Waals surface area contributed by atoms with Gasteiger partial charge in [-0.05, 0) is 30.7 Å². The van der Waals surface area contributed by atoms with Crippen molar-refractivity contribution in [2.45, 2.75) is 13.3 Å². The summed E-state index contributed by atoms with van der Waals surface area (Å²) in [5.74, 6) is 1.33. The molecule has 0 saturated carbocycles. The van der Waals surface area contributed by atoms with Crippen molar-refractivity contribution in [3.8, 4) is 11.7 Å². The zero-order valence-corrected chi connectivity index (χ0v) is 14.6. The Hall–Kier alpha value is -3.41. The van der Waals surface area contributed by atoms with Crippen molar-refractivity contribution in [2.75, 3.05) is 7.11 Å². The standard InChI is InChI=1S/C20H18N4O2/c1-13-5-3-8-18(22-13)24-19(26-2)12-15(23-24)11-14-6-4-7-16-17(25)9-10-21-20(14)16/h3-10,12H,11H2,1-2H3,(H,21,25). The Balaban J connectivity index is 1.77. The molecular weight excluding hydrogens is 328 g/mol. The molecular formula is C20H18N4O2. The largest absolute Gasteiger partial charge is 0.481 e. The van der Waals surface area contributed by atoms with E-state index in [1.165, 1.54) is 6.07 Å². The number of fused-ring (bicyclic) bond motifs is 1. The van der Waals surface area contributed by atoms with Gasteiger partial charge >= 0.3 is 0 Å². The molecule has 130 valence electrons. The maximum absolute atomic E-state index is 12.0. The summed E-state index contributed by atoms with van der Waals surface area (Å²) in [6, 6.07) is 14.9. The second kappa shape index (κ2) is 6.48. The summed E-state index contributed by atoms with van der Waals surface area (Å²) in [4.78, 5) is 19.7. The molecule has 0 aliphatic rings. The zero-order valence-electron chi connectivity index (χ0n) is 14.6. The lowest BCUT2D eigenvalue weighted by atomic mass is 10.1. The van der Waals surface area contributed by atoms with Crippen molar-refractivity contribution >= 4 is 10.9 Å². The zero-order chi connectivity index (χ0) is 18.1. The van der Waals surface area contributed by atoms with E-state index in [2.05, 4.69) is 15.1 Å². The van der Waals surface area contributed by atoms with Gasteiger partial charge < -0.3 is 9.72 Å². The summed E-state index contributed by atoms with van der Waals surface area (Å²) in [7, 11) is 1.61. The molecule has 4 aromatic rings. The van der Waals surface area contributed by atoms with E-state index in [0.29, 0.717) is 23.5 Å². The number of hydrogen-bond acceptors (Lipinski definition) is 4. The van der Waals surface area contributed by atoms with E-state index >= 15 is 0 Å². The van der Waals surface area contributed by atoms with Gasteiger partial charge in [0.2, 0.25) is 5.88 Å². The van der Waals surface area contributed by atoms with Crippen molar-refractivity contribution < 1.29 is 4.74 Å². The smallest absolute Gasteiger partial charge is 0.218 e. The lowest BCUT2D eigenvalue weighted by Crippen LogP contribution is -2.04. The molecule has 4 rings (SSSR count). The molecule has 0 unspecified atom stereocenters. The van der Waals surface area contributed by atoms with Gasteiger partial charge in [0.25, 0.3) is 0 Å². The molecule has 1 N–H and O–H groups in total. The maximum atomic E-state index is 12.0. The number of nitrogens with zero attached hydrogens (tertiary/aromatic N) is 3. The Kier molecular flexibility index (Phi) is 4.01. The summed E-state index contributed by atoms with van der Waals surface area (Å²) in [6.45, 7) is 1.94. The average molecular weight is 346 g/mol. The van der Waals surface area contributed by atoms with E-state index in [4.69, 9.17) is 4.74 Å². The predicted molar refractivity (Wildman–Crippen MR) is 100 cm³/mol. The molecule has 0 bridgehead atoms. The van der Waals surface area contributed by atoms with Gasteiger partial charge in [0.15, 0.2) is 11.2 Å². The molecule has 0 aliphatic carbocycles. The minimum absolute atomic E-state index is 0.00710. The van der Waals surface area contributed by atoms with Crippen LogP contribution in [-0.2, 0) is 6.42 Å². The van der Waals surface area contributed by atoms with Crippen LogP contribution < -0.4 is 10.2 Å². The van der Waals surface area contributed by atoms with Crippen LogP contribution in [0.3, 0.4) is 0 Å². The van der Waals surface area contributed by atoms with Gasteiger partial charge in [-0.25, -0.2) is 4.98 Å². The molecule has 0 amide bonds. The second-order valence-corrected chi connectivity index (χ2v) is 6.09. The normalized spacial score (nSPS) is 11.0. The van der Waals surface area contributed by atoms with E-state index in [0.717, 1.165) is 22.5 Å². The molecule has 6 heteroatoms. The molecule has 3 heterocycles. The molecule has 0 spiro atoms. The summed E-state index contributed by atoms with van der Waals surface area (Å²) in [6.07, 6.45) is 2.25. The number of ether oxygens (including phenoxy) is 1. The number of pyridine rings is 2. The number of aryl methyl sites for hydroxylation is 1. The maximum Gasteiger partial charge on any atom is 0.218 e. The van der Waals surface area contributed by atoms with Crippen molar-refractivity contribution in [1.29, 1.82) is 0 Å². The van der Waals surface area contributed by atoms with E-state index in [9.17, 15) is 4.79 Å². The summed E-state index contributed by atoms with van der Waals surface area (Å²) in [5.41, 5.74) is 3.59. The number of benzene rings is 1. The number of para-hydroxylation sites is 1. The third kappa shape index (κ3) is 2.86. The average Bonchev–Trinajstić information content (AvgIpc) is 3.06. The minimum atomic E-state index is 0.00710. The van der Waals surface area contributed by atoms with Crippen LogP contribution >= 0.6 is 0 Å². The molecule has 0 aliphatic heterocycles. The van der Waals surface area contributed by atoms with Crippen molar-refractivity contribution in [3.05, 3.63) is 81.9 Å². The first-order valence-electron chi connectivity index (χ1n) is 8.32. The van der Waals surface area contributed by atoms with Gasteiger partial charge in [0.05, 0.1) is 18.3 Å². The Labute approximate surface area is 150 Å².